The minimum Gasteiger partial charge on any atom is -0.479 e. The molecule has 0 radical (unpaired) electrons. The maximum absolute atomic E-state index is 12.6. The molecule has 0 bridgehead atoms. The molecule has 0 spiro atoms. The van der Waals surface area contributed by atoms with Crippen molar-refractivity contribution in [3.05, 3.63) is 11.8 Å². The van der Waals surface area contributed by atoms with Gasteiger partial charge in [0, 0.05) is 24.8 Å². The maximum atomic E-state index is 12.6. The fourth-order valence-electron chi connectivity index (χ4n) is 2.17. The monoisotopic (exact) mass is 285 g/mol. The number of nitrogens with zero attached hydrogens (tertiary/aromatic N) is 3. The third kappa shape index (κ3) is 3.34. The van der Waals surface area contributed by atoms with Crippen LogP contribution in [0.5, 0.6) is 5.88 Å². The molecule has 1 aliphatic rings. The number of rotatable bonds is 2. The highest BCUT2D eigenvalue weighted by Crippen LogP contribution is 2.19. The highest BCUT2D eigenvalue weighted by Gasteiger charge is 2.20. The van der Waals surface area contributed by atoms with Gasteiger partial charge in [-0.15, -0.1) is 5.10 Å². The first-order valence-electron chi connectivity index (χ1n) is 6.38. The molecule has 7 heteroatoms. The van der Waals surface area contributed by atoms with Crippen molar-refractivity contribution in [1.29, 1.82) is 0 Å². The van der Waals surface area contributed by atoms with E-state index in [4.69, 9.17) is 4.74 Å². The molecular weight excluding hydrogens is 266 g/mol. The van der Waals surface area contributed by atoms with Crippen LogP contribution >= 0.6 is 0 Å². The van der Waals surface area contributed by atoms with Crippen LogP contribution in [-0.2, 0) is 16.8 Å². The van der Waals surface area contributed by atoms with Gasteiger partial charge in [0.05, 0.1) is 16.8 Å². The molecule has 1 aliphatic heterocycles. The van der Waals surface area contributed by atoms with E-state index in [1.165, 1.54) is 11.8 Å². The highest BCUT2D eigenvalue weighted by atomic mass is 32.2. The Balaban J connectivity index is 2.30. The normalized spacial score (nSPS) is 18.6. The Kier molecular flexibility index (Phi) is 4.24. The lowest BCUT2D eigenvalue weighted by molar-refractivity contribution is 0.100. The summed E-state index contributed by atoms with van der Waals surface area (Å²) in [6.45, 7) is 0. The van der Waals surface area contributed by atoms with E-state index < -0.39 is 15.6 Å². The first-order valence-corrected chi connectivity index (χ1v) is 8.24. The molecule has 2 heterocycles. The molecule has 19 heavy (non-hydrogen) atoms. The van der Waals surface area contributed by atoms with Crippen LogP contribution in [0.25, 0.3) is 0 Å². The molecule has 1 aromatic heterocycles. The zero-order valence-corrected chi connectivity index (χ0v) is 12.1. The fourth-order valence-corrected chi connectivity index (χ4v) is 4.27. The van der Waals surface area contributed by atoms with E-state index in [2.05, 4.69) is 9.46 Å². The molecule has 1 aromatic rings. The number of aryl methyl sites for hydroxylation is 1. The maximum Gasteiger partial charge on any atom is 0.292 e. The molecule has 0 atom stereocenters. The zero-order valence-electron chi connectivity index (χ0n) is 11.3. The summed E-state index contributed by atoms with van der Waals surface area (Å²) in [7, 11) is 0.741. The van der Waals surface area contributed by atoms with Gasteiger partial charge in [-0.2, -0.15) is 4.36 Å². The number of aromatic nitrogens is 2. The molecule has 2 rings (SSSR count). The second kappa shape index (κ2) is 5.73. The van der Waals surface area contributed by atoms with Crippen LogP contribution in [0.1, 0.15) is 36.0 Å². The van der Waals surface area contributed by atoms with Crippen molar-refractivity contribution < 1.29 is 13.7 Å². The van der Waals surface area contributed by atoms with Crippen LogP contribution < -0.4 is 4.74 Å². The summed E-state index contributed by atoms with van der Waals surface area (Å²) < 4.78 is 23.1. The van der Waals surface area contributed by atoms with Gasteiger partial charge in [-0.3, -0.25) is 9.48 Å². The number of ether oxygens (including phenoxy) is 1. The fraction of sp³-hybridized carbons (Fsp3) is 0.667. The van der Waals surface area contributed by atoms with E-state index in [0.717, 1.165) is 25.7 Å². The van der Waals surface area contributed by atoms with Crippen LogP contribution in [0.2, 0.25) is 0 Å². The molecule has 0 aliphatic carbocycles. The average Bonchev–Trinajstić information content (AvgIpc) is 2.62. The molecule has 0 aromatic carbocycles. The van der Waals surface area contributed by atoms with E-state index >= 15 is 0 Å². The van der Waals surface area contributed by atoms with Gasteiger partial charge in [0.15, 0.2) is 0 Å². The van der Waals surface area contributed by atoms with E-state index in [9.17, 15) is 9.00 Å². The molecule has 0 saturated carbocycles. The van der Waals surface area contributed by atoms with Gasteiger partial charge in [-0.05, 0) is 12.8 Å². The van der Waals surface area contributed by atoms with E-state index in [0.29, 0.717) is 11.5 Å². The molecule has 1 fully saturated rings. The smallest absolute Gasteiger partial charge is 0.292 e. The number of methoxy groups -OCH3 is 1. The Morgan fingerprint density at radius 1 is 1.37 bits per heavy atom. The largest absolute Gasteiger partial charge is 0.479 e. The van der Waals surface area contributed by atoms with Crippen molar-refractivity contribution >= 4 is 15.6 Å². The predicted octanol–water partition coefficient (Wildman–Crippen LogP) is 1.61. The van der Waals surface area contributed by atoms with Gasteiger partial charge < -0.3 is 4.74 Å². The number of hydrogen-bond acceptors (Lipinski definition) is 4. The third-order valence-corrected chi connectivity index (χ3v) is 5.50. The first kappa shape index (κ1) is 14.0. The van der Waals surface area contributed by atoms with Crippen LogP contribution in [0.15, 0.2) is 10.6 Å². The minimum absolute atomic E-state index is 0.230. The zero-order chi connectivity index (χ0) is 13.9. The first-order chi connectivity index (χ1) is 9.04. The van der Waals surface area contributed by atoms with Crippen LogP contribution in [0.4, 0.5) is 0 Å². The molecule has 6 nitrogen and oxygen atoms in total. The van der Waals surface area contributed by atoms with Crippen molar-refractivity contribution in [2.24, 2.45) is 11.4 Å². The summed E-state index contributed by atoms with van der Waals surface area (Å²) in [5.41, 5.74) is 0.275. The summed E-state index contributed by atoms with van der Waals surface area (Å²) in [6, 6.07) is 0. The van der Waals surface area contributed by atoms with E-state index in [-0.39, 0.29) is 11.4 Å². The quantitative estimate of drug-likeness (QED) is 0.827. The number of carbonyl (C=O) groups is 1. The van der Waals surface area contributed by atoms with Crippen molar-refractivity contribution in [1.82, 2.24) is 9.78 Å². The van der Waals surface area contributed by atoms with Crippen LogP contribution in [0, 0.1) is 0 Å². The molecule has 106 valence electrons. The van der Waals surface area contributed by atoms with Crippen molar-refractivity contribution in [3.63, 3.8) is 0 Å². The van der Waals surface area contributed by atoms with Gasteiger partial charge in [0.1, 0.15) is 5.56 Å². The minimum atomic E-state index is -2.41. The lowest BCUT2D eigenvalue weighted by Gasteiger charge is -2.04. The molecular formula is C12H19N3O3S. The summed E-state index contributed by atoms with van der Waals surface area (Å²) in [4.78, 5) is 12.1. The van der Waals surface area contributed by atoms with Gasteiger partial charge in [0.25, 0.3) is 5.91 Å². The Morgan fingerprint density at radius 3 is 2.58 bits per heavy atom. The summed E-state index contributed by atoms with van der Waals surface area (Å²) >= 11 is 0. The Morgan fingerprint density at radius 2 is 2.00 bits per heavy atom. The highest BCUT2D eigenvalue weighted by molar-refractivity contribution is 7.93. The molecule has 0 N–H and O–H groups in total. The third-order valence-electron chi connectivity index (χ3n) is 3.14. The molecule has 1 saturated heterocycles. The summed E-state index contributed by atoms with van der Waals surface area (Å²) in [5.74, 6) is 0.771. The molecule has 0 unspecified atom stereocenters. The van der Waals surface area contributed by atoms with Crippen molar-refractivity contribution in [2.45, 2.75) is 25.7 Å². The van der Waals surface area contributed by atoms with E-state index in [1.807, 2.05) is 0 Å². The lowest BCUT2D eigenvalue weighted by Crippen LogP contribution is -2.11. The SMILES string of the molecule is COc1nn(C)cc1C(=O)N=S1(=O)CCCCCC1. The topological polar surface area (TPSA) is 73.6 Å². The van der Waals surface area contributed by atoms with Gasteiger partial charge in [-0.25, -0.2) is 4.21 Å². The Hall–Kier alpha value is -1.37. The van der Waals surface area contributed by atoms with Gasteiger partial charge in [0.2, 0.25) is 5.88 Å². The van der Waals surface area contributed by atoms with Crippen molar-refractivity contribution in [2.75, 3.05) is 18.6 Å². The number of amides is 1. The summed E-state index contributed by atoms with van der Waals surface area (Å²) in [5, 5.41) is 4.01. The predicted molar refractivity (Wildman–Crippen MR) is 72.9 cm³/mol. The van der Waals surface area contributed by atoms with Gasteiger partial charge >= 0.3 is 0 Å². The van der Waals surface area contributed by atoms with Crippen LogP contribution in [-0.4, -0.2) is 38.5 Å². The molecule has 1 amide bonds. The standard InChI is InChI=1S/C12H19N3O3S/c1-15-9-10(12(13-15)18-2)11(16)14-19(17)7-5-3-4-6-8-19/h9H,3-8H2,1-2H3. The Labute approximate surface area is 113 Å². The lowest BCUT2D eigenvalue weighted by atomic mass is 10.2. The van der Waals surface area contributed by atoms with Crippen molar-refractivity contribution in [3.8, 4) is 5.88 Å². The number of carbonyl (C=O) groups excluding carboxylic acids is 1. The summed E-state index contributed by atoms with van der Waals surface area (Å²) in [6.07, 6.45) is 5.43. The van der Waals surface area contributed by atoms with Crippen LogP contribution in [0.3, 0.4) is 0 Å². The van der Waals surface area contributed by atoms with Gasteiger partial charge in [-0.1, -0.05) is 12.8 Å². The number of hydrogen-bond donors (Lipinski definition) is 0. The second-order valence-electron chi connectivity index (χ2n) is 4.72. The Bertz CT molecular complexity index is 571. The second-order valence-corrected chi connectivity index (χ2v) is 7.26. The van der Waals surface area contributed by atoms with E-state index in [1.54, 1.807) is 13.2 Å². The average molecular weight is 285 g/mol.